The van der Waals surface area contributed by atoms with Crippen LogP contribution in [0.5, 0.6) is 0 Å². The Kier molecular flexibility index (Phi) is 5.99. The molecule has 2 rings (SSSR count). The first-order valence-electron chi connectivity index (χ1n) is 9.38. The van der Waals surface area contributed by atoms with Gasteiger partial charge in [-0.15, -0.1) is 0 Å². The average Bonchev–Trinajstić information content (AvgIpc) is 2.46. The van der Waals surface area contributed by atoms with Crippen LogP contribution < -0.4 is 5.32 Å². The SMILES string of the molecule is CC1CCC(NCC2(C)CCN(C(=O)OC(C)(C)C)CC2)CC1. The molecule has 1 N–H and O–H groups in total. The Morgan fingerprint density at radius 3 is 2.26 bits per heavy atom. The summed E-state index contributed by atoms with van der Waals surface area (Å²) in [7, 11) is 0. The maximum atomic E-state index is 12.1. The van der Waals surface area contributed by atoms with E-state index in [2.05, 4.69) is 19.2 Å². The summed E-state index contributed by atoms with van der Waals surface area (Å²) in [5.74, 6) is 0.903. The molecule has 134 valence electrons. The van der Waals surface area contributed by atoms with E-state index in [1.165, 1.54) is 25.7 Å². The highest BCUT2D eigenvalue weighted by atomic mass is 16.6. The first-order valence-corrected chi connectivity index (χ1v) is 9.38. The number of ether oxygens (including phenoxy) is 1. The van der Waals surface area contributed by atoms with E-state index < -0.39 is 5.60 Å². The summed E-state index contributed by atoms with van der Waals surface area (Å²) in [4.78, 5) is 14.0. The summed E-state index contributed by atoms with van der Waals surface area (Å²) in [6.45, 7) is 13.2. The number of carbonyl (C=O) groups excluding carboxylic acids is 1. The minimum atomic E-state index is -0.405. The predicted octanol–water partition coefficient (Wildman–Crippen LogP) is 4.19. The van der Waals surface area contributed by atoms with Crippen LogP contribution in [0.3, 0.4) is 0 Å². The molecule has 0 unspecified atom stereocenters. The molecule has 0 aromatic rings. The third-order valence-corrected chi connectivity index (χ3v) is 5.46. The van der Waals surface area contributed by atoms with Crippen molar-refractivity contribution in [2.75, 3.05) is 19.6 Å². The lowest BCUT2D eigenvalue weighted by molar-refractivity contribution is 0.0116. The van der Waals surface area contributed by atoms with Gasteiger partial charge in [0.25, 0.3) is 0 Å². The molecule has 2 fully saturated rings. The lowest BCUT2D eigenvalue weighted by Crippen LogP contribution is -2.48. The third-order valence-electron chi connectivity index (χ3n) is 5.46. The Balaban J connectivity index is 1.73. The third kappa shape index (κ3) is 5.98. The maximum Gasteiger partial charge on any atom is 0.410 e. The Hall–Kier alpha value is -0.770. The molecule has 0 aromatic carbocycles. The van der Waals surface area contributed by atoms with Crippen LogP contribution in [0.1, 0.15) is 73.1 Å². The van der Waals surface area contributed by atoms with Gasteiger partial charge in [0.1, 0.15) is 5.60 Å². The molecule has 0 aromatic heterocycles. The molecule has 0 radical (unpaired) electrons. The van der Waals surface area contributed by atoms with E-state index in [-0.39, 0.29) is 6.09 Å². The second kappa shape index (κ2) is 7.42. The second-order valence-electron chi connectivity index (χ2n) is 9.12. The number of piperidine rings is 1. The number of likely N-dealkylation sites (tertiary alicyclic amines) is 1. The highest BCUT2D eigenvalue weighted by Crippen LogP contribution is 2.32. The van der Waals surface area contributed by atoms with Crippen molar-refractivity contribution in [3.63, 3.8) is 0 Å². The summed E-state index contributed by atoms with van der Waals surface area (Å²) < 4.78 is 5.48. The van der Waals surface area contributed by atoms with E-state index >= 15 is 0 Å². The minimum absolute atomic E-state index is 0.159. The smallest absolute Gasteiger partial charge is 0.410 e. The zero-order valence-electron chi connectivity index (χ0n) is 15.8. The fourth-order valence-corrected chi connectivity index (χ4v) is 3.59. The van der Waals surface area contributed by atoms with Crippen molar-refractivity contribution in [3.8, 4) is 0 Å². The highest BCUT2D eigenvalue weighted by molar-refractivity contribution is 5.68. The summed E-state index contributed by atoms with van der Waals surface area (Å²) in [5, 5.41) is 3.80. The van der Waals surface area contributed by atoms with E-state index in [4.69, 9.17) is 4.74 Å². The molecule has 4 nitrogen and oxygen atoms in total. The van der Waals surface area contributed by atoms with Gasteiger partial charge < -0.3 is 15.0 Å². The normalized spacial score (nSPS) is 28.5. The molecule has 1 saturated carbocycles. The van der Waals surface area contributed by atoms with Crippen LogP contribution in [0.25, 0.3) is 0 Å². The largest absolute Gasteiger partial charge is 0.444 e. The number of nitrogens with zero attached hydrogens (tertiary/aromatic N) is 1. The zero-order chi connectivity index (χ0) is 17.1. The van der Waals surface area contributed by atoms with E-state index in [0.717, 1.165) is 38.4 Å². The lowest BCUT2D eigenvalue weighted by atomic mass is 9.79. The van der Waals surface area contributed by atoms with Crippen molar-refractivity contribution in [1.29, 1.82) is 0 Å². The van der Waals surface area contributed by atoms with Gasteiger partial charge >= 0.3 is 6.09 Å². The van der Waals surface area contributed by atoms with Crippen LogP contribution in [0.4, 0.5) is 4.79 Å². The first-order chi connectivity index (χ1) is 10.7. The van der Waals surface area contributed by atoms with Crippen molar-refractivity contribution in [2.24, 2.45) is 11.3 Å². The van der Waals surface area contributed by atoms with E-state index in [9.17, 15) is 4.79 Å². The van der Waals surface area contributed by atoms with Crippen molar-refractivity contribution >= 4 is 6.09 Å². The quantitative estimate of drug-likeness (QED) is 0.846. The fourth-order valence-electron chi connectivity index (χ4n) is 3.59. The van der Waals surface area contributed by atoms with Gasteiger partial charge in [-0.1, -0.05) is 13.8 Å². The van der Waals surface area contributed by atoms with Gasteiger partial charge in [-0.25, -0.2) is 4.79 Å². The van der Waals surface area contributed by atoms with Gasteiger partial charge in [-0.05, 0) is 70.6 Å². The fraction of sp³-hybridized carbons (Fsp3) is 0.947. The van der Waals surface area contributed by atoms with Gasteiger partial charge in [0.2, 0.25) is 0 Å². The van der Waals surface area contributed by atoms with Gasteiger partial charge in [-0.3, -0.25) is 0 Å². The molecule has 0 spiro atoms. The molecule has 1 saturated heterocycles. The molecule has 1 heterocycles. The molecule has 1 amide bonds. The van der Waals surface area contributed by atoms with E-state index in [0.29, 0.717) is 11.5 Å². The van der Waals surface area contributed by atoms with Crippen molar-refractivity contribution in [1.82, 2.24) is 10.2 Å². The summed E-state index contributed by atoms with van der Waals surface area (Å²) >= 11 is 0. The summed E-state index contributed by atoms with van der Waals surface area (Å²) in [5.41, 5.74) is -0.0981. The Labute approximate surface area is 142 Å². The number of carbonyl (C=O) groups is 1. The van der Waals surface area contributed by atoms with Crippen LogP contribution in [0.2, 0.25) is 0 Å². The topological polar surface area (TPSA) is 41.6 Å². The molecule has 1 aliphatic heterocycles. The van der Waals surface area contributed by atoms with Crippen LogP contribution in [-0.4, -0.2) is 42.3 Å². The Morgan fingerprint density at radius 2 is 1.74 bits per heavy atom. The number of hydrogen-bond acceptors (Lipinski definition) is 3. The van der Waals surface area contributed by atoms with Crippen LogP contribution in [0.15, 0.2) is 0 Å². The number of hydrogen-bond donors (Lipinski definition) is 1. The van der Waals surface area contributed by atoms with Gasteiger partial charge in [-0.2, -0.15) is 0 Å². The minimum Gasteiger partial charge on any atom is -0.444 e. The van der Waals surface area contributed by atoms with Crippen molar-refractivity contribution in [3.05, 3.63) is 0 Å². The molecule has 23 heavy (non-hydrogen) atoms. The predicted molar refractivity (Wildman–Crippen MR) is 94.6 cm³/mol. The standard InChI is InChI=1S/C19H36N2O2/c1-15-6-8-16(9-7-15)20-14-19(5)10-12-21(13-11-19)17(22)23-18(2,3)4/h15-16,20H,6-14H2,1-5H3. The molecule has 4 heteroatoms. The number of amides is 1. The van der Waals surface area contributed by atoms with Crippen molar-refractivity contribution < 1.29 is 9.53 Å². The van der Waals surface area contributed by atoms with E-state index in [1.807, 2.05) is 25.7 Å². The Bertz CT molecular complexity index is 387. The highest BCUT2D eigenvalue weighted by Gasteiger charge is 2.34. The molecular weight excluding hydrogens is 288 g/mol. The van der Waals surface area contributed by atoms with Crippen LogP contribution in [-0.2, 0) is 4.74 Å². The molecule has 0 bridgehead atoms. The summed E-state index contributed by atoms with van der Waals surface area (Å²) in [6.07, 6.45) is 7.32. The van der Waals surface area contributed by atoms with Crippen LogP contribution >= 0.6 is 0 Å². The molecule has 2 aliphatic rings. The van der Waals surface area contributed by atoms with E-state index in [1.54, 1.807) is 0 Å². The Morgan fingerprint density at radius 1 is 1.17 bits per heavy atom. The zero-order valence-corrected chi connectivity index (χ0v) is 15.8. The molecule has 1 aliphatic carbocycles. The van der Waals surface area contributed by atoms with Gasteiger partial charge in [0, 0.05) is 25.7 Å². The van der Waals surface area contributed by atoms with Crippen molar-refractivity contribution in [2.45, 2.75) is 84.8 Å². The maximum absolute atomic E-state index is 12.1. The first kappa shape index (κ1) is 18.6. The average molecular weight is 325 g/mol. The van der Waals surface area contributed by atoms with Gasteiger partial charge in [0.05, 0.1) is 0 Å². The summed E-state index contributed by atoms with van der Waals surface area (Å²) in [6, 6.07) is 0.701. The monoisotopic (exact) mass is 324 g/mol. The molecular formula is C19H36N2O2. The number of rotatable bonds is 3. The number of nitrogens with one attached hydrogen (secondary N) is 1. The van der Waals surface area contributed by atoms with Crippen LogP contribution in [0, 0.1) is 11.3 Å². The lowest BCUT2D eigenvalue weighted by Gasteiger charge is -2.41. The molecule has 0 atom stereocenters. The van der Waals surface area contributed by atoms with Gasteiger partial charge in [0.15, 0.2) is 0 Å². The second-order valence-corrected chi connectivity index (χ2v) is 9.12.